The van der Waals surface area contributed by atoms with Crippen LogP contribution in [0.25, 0.3) is 22.0 Å². The lowest BCUT2D eigenvalue weighted by Crippen LogP contribution is -2.61. The predicted octanol–water partition coefficient (Wildman–Crippen LogP) is 3.11. The van der Waals surface area contributed by atoms with Gasteiger partial charge in [0, 0.05) is 53.8 Å². The molecule has 3 aliphatic heterocycles. The van der Waals surface area contributed by atoms with E-state index in [0.29, 0.717) is 18.5 Å². The van der Waals surface area contributed by atoms with Gasteiger partial charge in [0.15, 0.2) is 6.10 Å². The average molecular weight is 336 g/mol. The number of benzene rings is 1. The molecule has 0 saturated carbocycles. The van der Waals surface area contributed by atoms with E-state index >= 15 is 0 Å². The Labute approximate surface area is 145 Å². The van der Waals surface area contributed by atoms with Crippen molar-refractivity contribution in [2.45, 2.75) is 18.9 Å². The number of quaternary nitrogens is 1. The lowest BCUT2D eigenvalue weighted by Gasteiger charge is -2.54. The van der Waals surface area contributed by atoms with Gasteiger partial charge >= 0.3 is 6.01 Å². The molecule has 6 heteroatoms. The van der Waals surface area contributed by atoms with Gasteiger partial charge in [-0.15, -0.1) is 0 Å². The Morgan fingerprint density at radius 3 is 2.68 bits per heavy atom. The molecule has 6 rings (SSSR count). The zero-order valence-electron chi connectivity index (χ0n) is 13.9. The van der Waals surface area contributed by atoms with E-state index in [2.05, 4.69) is 27.1 Å². The summed E-state index contributed by atoms with van der Waals surface area (Å²) in [6.07, 6.45) is 7.37. The Morgan fingerprint density at radius 1 is 1.12 bits per heavy atom. The SMILES string of the molecule is [O-][N+]12CCC(CC1)[C@@H](Oc1ncc(-c3cccc4[nH]ccc34)cn1)C2. The smallest absolute Gasteiger partial charge is 0.316 e. The Balaban J connectivity index is 1.38. The standard InChI is InChI=1S/C19H20N4O2/c24-23-8-5-13(6-9-23)18(12-23)25-19-21-10-14(11-22-19)15-2-1-3-17-16(15)4-7-20-17/h1-4,7,10-11,13,18,20H,5-6,8-9,12H2/t13?,18-,23?/m0/s1. The van der Waals surface area contributed by atoms with E-state index in [-0.39, 0.29) is 10.8 Å². The molecule has 2 bridgehead atoms. The third kappa shape index (κ3) is 2.58. The first kappa shape index (κ1) is 14.9. The molecule has 0 amide bonds. The van der Waals surface area contributed by atoms with Crippen molar-refractivity contribution in [1.29, 1.82) is 0 Å². The summed E-state index contributed by atoms with van der Waals surface area (Å²) >= 11 is 0. The van der Waals surface area contributed by atoms with Crippen LogP contribution in [0.2, 0.25) is 0 Å². The first-order valence-electron chi connectivity index (χ1n) is 8.82. The molecule has 2 aromatic heterocycles. The number of ether oxygens (including phenoxy) is 1. The third-order valence-electron chi connectivity index (χ3n) is 5.64. The normalized spacial score (nSPS) is 28.4. The fourth-order valence-corrected chi connectivity index (χ4v) is 4.21. The van der Waals surface area contributed by atoms with Gasteiger partial charge in [0.2, 0.25) is 0 Å². The highest BCUT2D eigenvalue weighted by Crippen LogP contribution is 2.35. The molecular formula is C19H20N4O2. The fourth-order valence-electron chi connectivity index (χ4n) is 4.21. The third-order valence-corrected chi connectivity index (χ3v) is 5.64. The van der Waals surface area contributed by atoms with Gasteiger partial charge in [0.25, 0.3) is 0 Å². The topological polar surface area (TPSA) is 73.9 Å². The molecule has 3 aromatic rings. The van der Waals surface area contributed by atoms with Crippen LogP contribution in [0.5, 0.6) is 6.01 Å². The maximum absolute atomic E-state index is 12.5. The molecule has 1 aromatic carbocycles. The number of aromatic amines is 1. The number of nitrogens with one attached hydrogen (secondary N) is 1. The molecule has 25 heavy (non-hydrogen) atoms. The van der Waals surface area contributed by atoms with Crippen molar-refractivity contribution in [1.82, 2.24) is 15.0 Å². The zero-order chi connectivity index (χ0) is 16.9. The van der Waals surface area contributed by atoms with Crippen molar-refractivity contribution in [2.24, 2.45) is 5.92 Å². The number of aromatic nitrogens is 3. The summed E-state index contributed by atoms with van der Waals surface area (Å²) < 4.78 is 5.86. The van der Waals surface area contributed by atoms with Crippen LogP contribution in [0.15, 0.2) is 42.9 Å². The van der Waals surface area contributed by atoms with Crippen LogP contribution in [-0.4, -0.2) is 45.3 Å². The van der Waals surface area contributed by atoms with Crippen molar-refractivity contribution in [3.63, 3.8) is 0 Å². The molecule has 3 fully saturated rings. The molecule has 3 saturated heterocycles. The molecular weight excluding hydrogens is 316 g/mol. The summed E-state index contributed by atoms with van der Waals surface area (Å²) in [4.78, 5) is 12.0. The van der Waals surface area contributed by atoms with Crippen molar-refractivity contribution >= 4 is 10.9 Å². The van der Waals surface area contributed by atoms with Gasteiger partial charge in [0.1, 0.15) is 6.54 Å². The first-order valence-corrected chi connectivity index (χ1v) is 8.82. The average Bonchev–Trinajstić information content (AvgIpc) is 3.11. The van der Waals surface area contributed by atoms with Crippen LogP contribution in [0.1, 0.15) is 12.8 Å². The molecule has 0 radical (unpaired) electrons. The van der Waals surface area contributed by atoms with Crippen LogP contribution < -0.4 is 4.74 Å². The van der Waals surface area contributed by atoms with E-state index in [1.54, 1.807) is 12.4 Å². The summed E-state index contributed by atoms with van der Waals surface area (Å²) in [5.41, 5.74) is 3.14. The number of rotatable bonds is 3. The predicted molar refractivity (Wildman–Crippen MR) is 94.7 cm³/mol. The molecule has 1 atom stereocenters. The quantitative estimate of drug-likeness (QED) is 0.589. The zero-order valence-corrected chi connectivity index (χ0v) is 13.9. The monoisotopic (exact) mass is 336 g/mol. The molecule has 5 heterocycles. The van der Waals surface area contributed by atoms with Gasteiger partial charge in [0.05, 0.1) is 13.1 Å². The largest absolute Gasteiger partial charge is 0.633 e. The van der Waals surface area contributed by atoms with Gasteiger partial charge in [-0.05, 0) is 17.7 Å². The van der Waals surface area contributed by atoms with Gasteiger partial charge in [-0.25, -0.2) is 9.97 Å². The Hall–Kier alpha value is -2.44. The second kappa shape index (κ2) is 5.54. The van der Waals surface area contributed by atoms with E-state index in [4.69, 9.17) is 4.74 Å². The molecule has 1 N–H and O–H groups in total. The number of hydroxylamine groups is 3. The van der Waals surface area contributed by atoms with Crippen LogP contribution >= 0.6 is 0 Å². The van der Waals surface area contributed by atoms with E-state index in [1.165, 1.54) is 0 Å². The maximum atomic E-state index is 12.5. The second-order valence-electron chi connectivity index (χ2n) is 7.18. The number of piperidine rings is 3. The Morgan fingerprint density at radius 2 is 1.92 bits per heavy atom. The van der Waals surface area contributed by atoms with Crippen LogP contribution in [0.4, 0.5) is 0 Å². The number of hydrogen-bond donors (Lipinski definition) is 1. The fraction of sp³-hybridized carbons (Fsp3) is 0.368. The van der Waals surface area contributed by atoms with Crippen molar-refractivity contribution in [3.05, 3.63) is 48.1 Å². The van der Waals surface area contributed by atoms with Gasteiger partial charge in [-0.1, -0.05) is 12.1 Å². The van der Waals surface area contributed by atoms with E-state index < -0.39 is 0 Å². The summed E-state index contributed by atoms with van der Waals surface area (Å²) in [5, 5.41) is 13.6. The van der Waals surface area contributed by atoms with Gasteiger partial charge in [-0.2, -0.15) is 0 Å². The van der Waals surface area contributed by atoms with Crippen molar-refractivity contribution in [2.75, 3.05) is 19.6 Å². The summed E-state index contributed by atoms with van der Waals surface area (Å²) in [6.45, 7) is 1.98. The lowest BCUT2D eigenvalue weighted by molar-refractivity contribution is -0.900. The van der Waals surface area contributed by atoms with Crippen molar-refractivity contribution in [3.8, 4) is 17.1 Å². The Bertz CT molecular complexity index is 897. The highest BCUT2D eigenvalue weighted by Gasteiger charge is 2.42. The first-order chi connectivity index (χ1) is 12.2. The van der Waals surface area contributed by atoms with Crippen LogP contribution in [0, 0.1) is 11.1 Å². The summed E-state index contributed by atoms with van der Waals surface area (Å²) in [5.74, 6) is 0.464. The molecule has 0 aliphatic carbocycles. The maximum Gasteiger partial charge on any atom is 0.316 e. The van der Waals surface area contributed by atoms with Crippen LogP contribution in [-0.2, 0) is 0 Å². The number of nitrogens with zero attached hydrogens (tertiary/aromatic N) is 3. The van der Waals surface area contributed by atoms with Crippen molar-refractivity contribution < 1.29 is 9.38 Å². The molecule has 6 nitrogen and oxygen atoms in total. The minimum absolute atomic E-state index is 0.0565. The van der Waals surface area contributed by atoms with Gasteiger partial charge in [-0.3, -0.25) is 0 Å². The Kier molecular flexibility index (Phi) is 3.29. The minimum atomic E-state index is -0.116. The summed E-state index contributed by atoms with van der Waals surface area (Å²) in [6, 6.07) is 8.55. The van der Waals surface area contributed by atoms with E-state index in [1.807, 2.05) is 18.3 Å². The minimum Gasteiger partial charge on any atom is -0.633 e. The molecule has 3 aliphatic rings. The van der Waals surface area contributed by atoms with E-state index in [0.717, 1.165) is 48.0 Å². The number of fused-ring (bicyclic) bond motifs is 4. The lowest BCUT2D eigenvalue weighted by atomic mass is 9.85. The molecule has 0 spiro atoms. The highest BCUT2D eigenvalue weighted by molar-refractivity contribution is 5.94. The van der Waals surface area contributed by atoms with Crippen LogP contribution in [0.3, 0.4) is 0 Å². The molecule has 128 valence electrons. The highest BCUT2D eigenvalue weighted by atomic mass is 16.6. The number of hydrogen-bond acceptors (Lipinski definition) is 4. The number of H-pyrrole nitrogens is 1. The summed E-state index contributed by atoms with van der Waals surface area (Å²) in [7, 11) is 0. The van der Waals surface area contributed by atoms with E-state index in [9.17, 15) is 5.21 Å². The van der Waals surface area contributed by atoms with Gasteiger partial charge < -0.3 is 19.6 Å². The molecule has 0 unspecified atom stereocenters. The second-order valence-corrected chi connectivity index (χ2v) is 7.18.